The van der Waals surface area contributed by atoms with E-state index < -0.39 is 0 Å². The lowest BCUT2D eigenvalue weighted by atomic mass is 10.00. The van der Waals surface area contributed by atoms with Crippen molar-refractivity contribution >= 4 is 0 Å². The molecule has 0 amide bonds. The van der Waals surface area contributed by atoms with E-state index in [9.17, 15) is 0 Å². The number of aryl methyl sites for hydroxylation is 1. The Morgan fingerprint density at radius 1 is 1.46 bits per heavy atom. The van der Waals surface area contributed by atoms with Crippen LogP contribution in [0.1, 0.15) is 42.5 Å². The van der Waals surface area contributed by atoms with Crippen molar-refractivity contribution in [1.82, 2.24) is 5.32 Å². The average molecular weight is 175 g/mol. The minimum atomic E-state index is 0.612. The first kappa shape index (κ1) is 8.76. The first-order chi connectivity index (χ1) is 6.31. The molecule has 13 heavy (non-hydrogen) atoms. The topological polar surface area (TPSA) is 12.0 Å². The highest BCUT2D eigenvalue weighted by atomic mass is 14.9. The minimum Gasteiger partial charge on any atom is -0.306 e. The van der Waals surface area contributed by atoms with E-state index in [-0.39, 0.29) is 0 Å². The molecule has 1 aliphatic heterocycles. The van der Waals surface area contributed by atoms with Crippen LogP contribution in [-0.2, 0) is 6.54 Å². The quantitative estimate of drug-likeness (QED) is 0.728. The van der Waals surface area contributed by atoms with E-state index in [0.717, 1.165) is 6.54 Å². The Morgan fingerprint density at radius 2 is 2.31 bits per heavy atom. The summed E-state index contributed by atoms with van der Waals surface area (Å²) in [4.78, 5) is 0. The van der Waals surface area contributed by atoms with E-state index in [2.05, 4.69) is 37.4 Å². The summed E-state index contributed by atoms with van der Waals surface area (Å²) in [6, 6.07) is 7.41. The fourth-order valence-corrected chi connectivity index (χ4v) is 2.12. The molecule has 1 N–H and O–H groups in total. The van der Waals surface area contributed by atoms with Gasteiger partial charge in [0.25, 0.3) is 0 Å². The van der Waals surface area contributed by atoms with Crippen LogP contribution in [-0.4, -0.2) is 0 Å². The van der Waals surface area contributed by atoms with Crippen molar-refractivity contribution in [2.75, 3.05) is 0 Å². The smallest absolute Gasteiger partial charge is 0.0326 e. The Bertz CT molecular complexity index is 304. The second-order valence-electron chi connectivity index (χ2n) is 3.92. The Morgan fingerprint density at radius 3 is 3.08 bits per heavy atom. The summed E-state index contributed by atoms with van der Waals surface area (Å²) in [6.07, 6.45) is 2.51. The number of hydrogen-bond donors (Lipinski definition) is 1. The number of hydrogen-bond acceptors (Lipinski definition) is 1. The van der Waals surface area contributed by atoms with Gasteiger partial charge in [-0.15, -0.1) is 0 Å². The zero-order chi connectivity index (χ0) is 9.26. The van der Waals surface area contributed by atoms with Crippen molar-refractivity contribution in [2.45, 2.75) is 39.3 Å². The van der Waals surface area contributed by atoms with Crippen LogP contribution in [0.25, 0.3) is 0 Å². The molecule has 1 aliphatic rings. The number of benzene rings is 1. The maximum absolute atomic E-state index is 3.55. The third kappa shape index (κ3) is 1.61. The first-order valence-electron chi connectivity index (χ1n) is 5.14. The molecule has 1 unspecified atom stereocenters. The summed E-state index contributed by atoms with van der Waals surface area (Å²) in [5.74, 6) is 0. The molecule has 0 saturated carbocycles. The number of rotatable bonds is 2. The highest BCUT2D eigenvalue weighted by Crippen LogP contribution is 2.28. The minimum absolute atomic E-state index is 0.612. The zero-order valence-corrected chi connectivity index (χ0v) is 8.43. The number of fused-ring (bicyclic) bond motifs is 1. The molecule has 0 fully saturated rings. The summed E-state index contributed by atoms with van der Waals surface area (Å²) >= 11 is 0. The Balaban J connectivity index is 2.27. The largest absolute Gasteiger partial charge is 0.306 e. The molecule has 70 valence electrons. The van der Waals surface area contributed by atoms with Crippen LogP contribution < -0.4 is 5.32 Å². The van der Waals surface area contributed by atoms with Gasteiger partial charge in [0.1, 0.15) is 0 Å². The average Bonchev–Trinajstić information content (AvgIpc) is 2.49. The fraction of sp³-hybridized carbons (Fsp3) is 0.500. The van der Waals surface area contributed by atoms with Gasteiger partial charge in [0.15, 0.2) is 0 Å². The van der Waals surface area contributed by atoms with Gasteiger partial charge in [0, 0.05) is 12.6 Å². The molecule has 0 aliphatic carbocycles. The Hall–Kier alpha value is -0.820. The molecular weight excluding hydrogens is 158 g/mol. The van der Waals surface area contributed by atoms with Crippen LogP contribution in [0.15, 0.2) is 18.2 Å². The normalized spacial score (nSPS) is 20.3. The lowest BCUT2D eigenvalue weighted by molar-refractivity contribution is 0.535. The molecule has 1 atom stereocenters. The summed E-state index contributed by atoms with van der Waals surface area (Å²) < 4.78 is 0. The van der Waals surface area contributed by atoms with Crippen molar-refractivity contribution in [3.05, 3.63) is 34.9 Å². The molecule has 1 aromatic rings. The molecule has 0 radical (unpaired) electrons. The second kappa shape index (κ2) is 3.51. The first-order valence-corrected chi connectivity index (χ1v) is 5.14. The van der Waals surface area contributed by atoms with Crippen LogP contribution in [0.2, 0.25) is 0 Å². The predicted molar refractivity (Wildman–Crippen MR) is 55.7 cm³/mol. The van der Waals surface area contributed by atoms with E-state index >= 15 is 0 Å². The van der Waals surface area contributed by atoms with Crippen LogP contribution >= 0.6 is 0 Å². The van der Waals surface area contributed by atoms with E-state index in [0.29, 0.717) is 6.04 Å². The lowest BCUT2D eigenvalue weighted by Gasteiger charge is -2.10. The third-order valence-corrected chi connectivity index (χ3v) is 2.79. The molecule has 1 heterocycles. The van der Waals surface area contributed by atoms with Gasteiger partial charge in [-0.25, -0.2) is 0 Å². The molecule has 0 spiro atoms. The Labute approximate surface area is 80.2 Å². The van der Waals surface area contributed by atoms with E-state index in [1.165, 1.54) is 29.5 Å². The van der Waals surface area contributed by atoms with Gasteiger partial charge in [0.2, 0.25) is 0 Å². The summed E-state index contributed by atoms with van der Waals surface area (Å²) in [5.41, 5.74) is 4.39. The second-order valence-corrected chi connectivity index (χ2v) is 3.92. The van der Waals surface area contributed by atoms with Crippen molar-refractivity contribution in [2.24, 2.45) is 0 Å². The molecule has 0 bridgehead atoms. The molecular formula is C12H17N. The van der Waals surface area contributed by atoms with Crippen LogP contribution in [0.3, 0.4) is 0 Å². The molecule has 0 saturated heterocycles. The zero-order valence-electron chi connectivity index (χ0n) is 8.43. The highest BCUT2D eigenvalue weighted by molar-refractivity contribution is 5.36. The molecule has 1 heteroatoms. The summed E-state index contributed by atoms with van der Waals surface area (Å²) in [7, 11) is 0. The molecule has 1 aromatic carbocycles. The molecule has 1 nitrogen and oxygen atoms in total. The Kier molecular flexibility index (Phi) is 2.36. The van der Waals surface area contributed by atoms with Crippen LogP contribution in [0.5, 0.6) is 0 Å². The molecule has 0 aromatic heterocycles. The van der Waals surface area contributed by atoms with E-state index in [1.54, 1.807) is 0 Å². The predicted octanol–water partition coefficient (Wildman–Crippen LogP) is 2.94. The van der Waals surface area contributed by atoms with Crippen molar-refractivity contribution in [3.8, 4) is 0 Å². The highest BCUT2D eigenvalue weighted by Gasteiger charge is 2.19. The maximum atomic E-state index is 3.55. The van der Waals surface area contributed by atoms with Gasteiger partial charge < -0.3 is 5.32 Å². The summed E-state index contributed by atoms with van der Waals surface area (Å²) in [6.45, 7) is 5.46. The van der Waals surface area contributed by atoms with Gasteiger partial charge in [-0.2, -0.15) is 0 Å². The SMILES string of the molecule is CCCC1NCc2cc(C)ccc21. The van der Waals surface area contributed by atoms with E-state index in [1.807, 2.05) is 0 Å². The van der Waals surface area contributed by atoms with E-state index in [4.69, 9.17) is 0 Å². The van der Waals surface area contributed by atoms with Crippen molar-refractivity contribution in [3.63, 3.8) is 0 Å². The van der Waals surface area contributed by atoms with Crippen LogP contribution in [0, 0.1) is 6.92 Å². The fourth-order valence-electron chi connectivity index (χ4n) is 2.12. The van der Waals surface area contributed by atoms with Gasteiger partial charge >= 0.3 is 0 Å². The van der Waals surface area contributed by atoms with Crippen LogP contribution in [0.4, 0.5) is 0 Å². The third-order valence-electron chi connectivity index (χ3n) is 2.79. The standard InChI is InChI=1S/C12H17N/c1-3-4-12-11-6-5-9(2)7-10(11)8-13-12/h5-7,12-13H,3-4,8H2,1-2H3. The van der Waals surface area contributed by atoms with Gasteiger partial charge in [-0.3, -0.25) is 0 Å². The number of nitrogens with one attached hydrogen (secondary N) is 1. The summed E-state index contributed by atoms with van der Waals surface area (Å²) in [5, 5.41) is 3.55. The van der Waals surface area contributed by atoms with Gasteiger partial charge in [0.05, 0.1) is 0 Å². The van der Waals surface area contributed by atoms with Crippen molar-refractivity contribution in [1.29, 1.82) is 0 Å². The maximum Gasteiger partial charge on any atom is 0.0326 e. The monoisotopic (exact) mass is 175 g/mol. The van der Waals surface area contributed by atoms with Crippen molar-refractivity contribution < 1.29 is 0 Å². The molecule has 2 rings (SSSR count). The van der Waals surface area contributed by atoms with Gasteiger partial charge in [-0.1, -0.05) is 37.1 Å². The lowest BCUT2D eigenvalue weighted by Crippen LogP contribution is -2.11. The van der Waals surface area contributed by atoms with Gasteiger partial charge in [-0.05, 0) is 24.5 Å².